The first-order chi connectivity index (χ1) is 8.48. The van der Waals surface area contributed by atoms with E-state index in [0.29, 0.717) is 0 Å². The topological polar surface area (TPSA) is 89.3 Å². The number of carbonyl (C=O) groups is 1. The van der Waals surface area contributed by atoms with Crippen LogP contribution in [0.4, 0.5) is 0 Å². The predicted octanol–water partition coefficient (Wildman–Crippen LogP) is -0.110. The molecule has 1 amide bonds. The summed E-state index contributed by atoms with van der Waals surface area (Å²) in [6.07, 6.45) is 0. The Morgan fingerprint density at radius 2 is 1.94 bits per heavy atom. The van der Waals surface area contributed by atoms with Crippen molar-refractivity contribution in [1.29, 1.82) is 0 Å². The third-order valence-corrected chi connectivity index (χ3v) is 4.25. The SMILES string of the molecule is CNC(=O)CS(=O)(=O)CC(CN)c1ccccc1. The summed E-state index contributed by atoms with van der Waals surface area (Å²) in [7, 11) is -2.03. The molecule has 1 aromatic rings. The summed E-state index contributed by atoms with van der Waals surface area (Å²) in [4.78, 5) is 11.1. The number of carbonyl (C=O) groups excluding carboxylic acids is 1. The summed E-state index contributed by atoms with van der Waals surface area (Å²) < 4.78 is 23.7. The molecule has 1 aromatic carbocycles. The maximum atomic E-state index is 11.8. The zero-order valence-electron chi connectivity index (χ0n) is 10.3. The predicted molar refractivity (Wildman–Crippen MR) is 71.0 cm³/mol. The van der Waals surface area contributed by atoms with E-state index in [1.54, 1.807) is 0 Å². The van der Waals surface area contributed by atoms with E-state index in [1.807, 2.05) is 30.3 Å². The summed E-state index contributed by atoms with van der Waals surface area (Å²) in [5.41, 5.74) is 6.49. The average Bonchev–Trinajstić information content (AvgIpc) is 2.36. The molecule has 0 radical (unpaired) electrons. The minimum Gasteiger partial charge on any atom is -0.358 e. The van der Waals surface area contributed by atoms with Crippen molar-refractivity contribution in [2.45, 2.75) is 5.92 Å². The van der Waals surface area contributed by atoms with E-state index in [2.05, 4.69) is 5.32 Å². The lowest BCUT2D eigenvalue weighted by atomic mass is 10.0. The van der Waals surface area contributed by atoms with Gasteiger partial charge in [0.25, 0.3) is 0 Å². The highest BCUT2D eigenvalue weighted by molar-refractivity contribution is 7.92. The minimum absolute atomic E-state index is 0.110. The fourth-order valence-corrected chi connectivity index (χ4v) is 3.27. The van der Waals surface area contributed by atoms with Gasteiger partial charge in [0.15, 0.2) is 9.84 Å². The summed E-state index contributed by atoms with van der Waals surface area (Å²) in [6.45, 7) is 0.233. The van der Waals surface area contributed by atoms with Gasteiger partial charge in [-0.1, -0.05) is 30.3 Å². The number of nitrogens with one attached hydrogen (secondary N) is 1. The largest absolute Gasteiger partial charge is 0.358 e. The van der Waals surface area contributed by atoms with Crippen LogP contribution in [0.1, 0.15) is 11.5 Å². The molecule has 5 nitrogen and oxygen atoms in total. The first-order valence-corrected chi connectivity index (χ1v) is 7.46. The number of benzene rings is 1. The quantitative estimate of drug-likeness (QED) is 0.755. The van der Waals surface area contributed by atoms with Gasteiger partial charge in [-0.25, -0.2) is 8.42 Å². The Hall–Kier alpha value is -1.40. The molecule has 0 aliphatic rings. The number of sulfone groups is 1. The van der Waals surface area contributed by atoms with Gasteiger partial charge in [-0.2, -0.15) is 0 Å². The first kappa shape index (κ1) is 14.7. The normalized spacial score (nSPS) is 13.0. The van der Waals surface area contributed by atoms with Crippen LogP contribution in [0.15, 0.2) is 30.3 Å². The molecule has 1 rings (SSSR count). The maximum absolute atomic E-state index is 11.8. The maximum Gasteiger partial charge on any atom is 0.234 e. The van der Waals surface area contributed by atoms with Crippen LogP contribution in [0.5, 0.6) is 0 Å². The van der Waals surface area contributed by atoms with Gasteiger partial charge in [0.05, 0.1) is 5.75 Å². The van der Waals surface area contributed by atoms with E-state index < -0.39 is 21.5 Å². The first-order valence-electron chi connectivity index (χ1n) is 5.64. The van der Waals surface area contributed by atoms with Crippen LogP contribution in [0.3, 0.4) is 0 Å². The van der Waals surface area contributed by atoms with Crippen LogP contribution in [0, 0.1) is 0 Å². The summed E-state index contributed by atoms with van der Waals surface area (Å²) in [5.74, 6) is -1.38. The molecule has 3 N–H and O–H groups in total. The van der Waals surface area contributed by atoms with Crippen LogP contribution >= 0.6 is 0 Å². The molecule has 1 atom stereocenters. The van der Waals surface area contributed by atoms with Crippen molar-refractivity contribution in [1.82, 2.24) is 5.32 Å². The highest BCUT2D eigenvalue weighted by atomic mass is 32.2. The van der Waals surface area contributed by atoms with Crippen LogP contribution < -0.4 is 11.1 Å². The van der Waals surface area contributed by atoms with Gasteiger partial charge in [-0.15, -0.1) is 0 Å². The molecule has 0 aliphatic heterocycles. The Morgan fingerprint density at radius 3 is 2.44 bits per heavy atom. The van der Waals surface area contributed by atoms with E-state index in [-0.39, 0.29) is 18.2 Å². The molecule has 6 heteroatoms. The van der Waals surface area contributed by atoms with Crippen LogP contribution in [0.2, 0.25) is 0 Å². The summed E-state index contributed by atoms with van der Waals surface area (Å²) in [5, 5.41) is 2.30. The van der Waals surface area contributed by atoms with Gasteiger partial charge in [0.1, 0.15) is 5.75 Å². The highest BCUT2D eigenvalue weighted by Crippen LogP contribution is 2.16. The van der Waals surface area contributed by atoms with Crippen LogP contribution in [-0.4, -0.2) is 39.4 Å². The Bertz CT molecular complexity index is 485. The molecular formula is C12H18N2O3S. The Balaban J connectivity index is 2.78. The van der Waals surface area contributed by atoms with Gasteiger partial charge in [-0.05, 0) is 5.56 Å². The molecule has 1 unspecified atom stereocenters. The van der Waals surface area contributed by atoms with E-state index >= 15 is 0 Å². The summed E-state index contributed by atoms with van der Waals surface area (Å²) >= 11 is 0. The second kappa shape index (κ2) is 6.51. The molecule has 100 valence electrons. The summed E-state index contributed by atoms with van der Waals surface area (Å²) in [6, 6.07) is 9.21. The lowest BCUT2D eigenvalue weighted by Crippen LogP contribution is -2.31. The van der Waals surface area contributed by atoms with Gasteiger partial charge in [0, 0.05) is 19.5 Å². The number of hydrogen-bond donors (Lipinski definition) is 2. The Morgan fingerprint density at radius 1 is 1.33 bits per heavy atom. The zero-order valence-corrected chi connectivity index (χ0v) is 11.1. The third-order valence-electron chi connectivity index (χ3n) is 2.64. The smallest absolute Gasteiger partial charge is 0.234 e. The van der Waals surface area contributed by atoms with E-state index in [9.17, 15) is 13.2 Å². The molecule has 0 fully saturated rings. The third kappa shape index (κ3) is 4.46. The number of amides is 1. The number of hydrogen-bond acceptors (Lipinski definition) is 4. The Kier molecular flexibility index (Phi) is 5.30. The molecule has 0 aliphatic carbocycles. The van der Waals surface area contributed by atoms with Crippen molar-refractivity contribution in [3.8, 4) is 0 Å². The molecule has 0 saturated heterocycles. The average molecular weight is 270 g/mol. The number of nitrogens with two attached hydrogens (primary N) is 1. The molecule has 0 spiro atoms. The van der Waals surface area contributed by atoms with Crippen molar-refractivity contribution in [3.05, 3.63) is 35.9 Å². The van der Waals surface area contributed by atoms with Crippen molar-refractivity contribution >= 4 is 15.7 Å². The van der Waals surface area contributed by atoms with Gasteiger partial charge < -0.3 is 11.1 Å². The monoisotopic (exact) mass is 270 g/mol. The van der Waals surface area contributed by atoms with Gasteiger partial charge >= 0.3 is 0 Å². The lowest BCUT2D eigenvalue weighted by molar-refractivity contribution is -0.118. The Labute approximate surface area is 107 Å². The fraction of sp³-hybridized carbons (Fsp3) is 0.417. The zero-order chi connectivity index (χ0) is 13.6. The lowest BCUT2D eigenvalue weighted by Gasteiger charge is -2.15. The van der Waals surface area contributed by atoms with Gasteiger partial charge in [-0.3, -0.25) is 4.79 Å². The highest BCUT2D eigenvalue weighted by Gasteiger charge is 2.22. The van der Waals surface area contributed by atoms with Crippen molar-refractivity contribution < 1.29 is 13.2 Å². The van der Waals surface area contributed by atoms with E-state index in [0.717, 1.165) is 5.56 Å². The van der Waals surface area contributed by atoms with Crippen LogP contribution in [0.25, 0.3) is 0 Å². The van der Waals surface area contributed by atoms with E-state index in [4.69, 9.17) is 5.73 Å². The molecule has 0 heterocycles. The molecule has 0 aromatic heterocycles. The van der Waals surface area contributed by atoms with E-state index in [1.165, 1.54) is 7.05 Å². The minimum atomic E-state index is -3.44. The second-order valence-corrected chi connectivity index (χ2v) is 6.18. The fourth-order valence-electron chi connectivity index (χ4n) is 1.66. The molecule has 18 heavy (non-hydrogen) atoms. The standard InChI is InChI=1S/C12H18N2O3S/c1-14-12(15)9-18(16,17)8-11(7-13)10-5-3-2-4-6-10/h2-6,11H,7-9,13H2,1H3,(H,14,15). The molecular weight excluding hydrogens is 252 g/mol. The molecule has 0 bridgehead atoms. The van der Waals surface area contributed by atoms with Crippen molar-refractivity contribution in [3.63, 3.8) is 0 Å². The molecule has 0 saturated carbocycles. The number of rotatable bonds is 6. The van der Waals surface area contributed by atoms with Crippen molar-refractivity contribution in [2.75, 3.05) is 25.1 Å². The van der Waals surface area contributed by atoms with Crippen LogP contribution in [-0.2, 0) is 14.6 Å². The van der Waals surface area contributed by atoms with Gasteiger partial charge in [0.2, 0.25) is 5.91 Å². The second-order valence-electron chi connectivity index (χ2n) is 4.07. The van der Waals surface area contributed by atoms with Crippen molar-refractivity contribution in [2.24, 2.45) is 5.73 Å².